The fraction of sp³-hybridized carbons (Fsp3) is 0.214. The number of hydrogen-bond acceptors (Lipinski definition) is 6. The smallest absolute Gasteiger partial charge is 0.321 e. The van der Waals surface area contributed by atoms with Gasteiger partial charge in [-0.25, -0.2) is 4.39 Å². The Morgan fingerprint density at radius 2 is 1.54 bits per heavy atom. The van der Waals surface area contributed by atoms with E-state index in [0.29, 0.717) is 42.2 Å². The van der Waals surface area contributed by atoms with Gasteiger partial charge in [0.05, 0.1) is 0 Å². The highest BCUT2D eigenvalue weighted by molar-refractivity contribution is 5.98. The Labute approximate surface area is 212 Å². The van der Waals surface area contributed by atoms with Crippen molar-refractivity contribution in [3.8, 4) is 34.0 Å². The van der Waals surface area contributed by atoms with Crippen LogP contribution in [0.25, 0.3) is 34.0 Å². The molecule has 1 saturated heterocycles. The topological polar surface area (TPSA) is 117 Å². The highest BCUT2D eigenvalue weighted by atomic mass is 19.1. The third kappa shape index (κ3) is 4.85. The number of carbonyl (C=O) groups is 2. The van der Waals surface area contributed by atoms with Crippen molar-refractivity contribution in [2.24, 2.45) is 5.41 Å². The number of piperidine rings is 1. The summed E-state index contributed by atoms with van der Waals surface area (Å²) in [6.07, 6.45) is 0.126. The number of carboxylic acid groups (broad SMARTS) is 2. The Balaban J connectivity index is 1.25. The standard InChI is InChI=1S/C28H24FN3O5/c29-23-16-21(10-11-22(23)19-4-2-1-3-5-19)24-30-25(37-31-24)20-8-6-18(7-9-20)17-32-14-12-28(13-15-32,26(33)34)27(35)36/h1-11,16H,12-15,17H2,(H,33,34)(H,35,36). The maximum Gasteiger partial charge on any atom is 0.321 e. The van der Waals surface area contributed by atoms with Gasteiger partial charge in [-0.1, -0.05) is 59.8 Å². The number of rotatable bonds is 7. The van der Waals surface area contributed by atoms with Gasteiger partial charge in [0.2, 0.25) is 5.82 Å². The van der Waals surface area contributed by atoms with Gasteiger partial charge in [0.1, 0.15) is 5.82 Å². The van der Waals surface area contributed by atoms with Crippen LogP contribution in [0.4, 0.5) is 4.39 Å². The SMILES string of the molecule is O=C(O)C1(C(=O)O)CCN(Cc2ccc(-c3nc(-c4ccc(-c5ccccc5)c(F)c4)no3)cc2)CC1. The molecule has 0 unspecified atom stereocenters. The molecule has 0 aliphatic carbocycles. The first-order valence-corrected chi connectivity index (χ1v) is 11.8. The average Bonchev–Trinajstić information content (AvgIpc) is 3.40. The van der Waals surface area contributed by atoms with Gasteiger partial charge in [0.25, 0.3) is 5.89 Å². The second-order valence-corrected chi connectivity index (χ2v) is 9.15. The van der Waals surface area contributed by atoms with Gasteiger partial charge >= 0.3 is 11.9 Å². The monoisotopic (exact) mass is 501 g/mol. The Hall–Kier alpha value is -4.37. The number of likely N-dealkylation sites (tertiary alicyclic amines) is 1. The summed E-state index contributed by atoms with van der Waals surface area (Å²) in [5, 5.41) is 22.8. The normalized spacial score (nSPS) is 15.4. The lowest BCUT2D eigenvalue weighted by atomic mass is 9.78. The fourth-order valence-electron chi connectivity index (χ4n) is 4.59. The fourth-order valence-corrected chi connectivity index (χ4v) is 4.59. The van der Waals surface area contributed by atoms with Crippen LogP contribution in [0.5, 0.6) is 0 Å². The minimum Gasteiger partial charge on any atom is -0.480 e. The van der Waals surface area contributed by atoms with Crippen molar-refractivity contribution in [3.63, 3.8) is 0 Å². The van der Waals surface area contributed by atoms with Crippen molar-refractivity contribution < 1.29 is 28.7 Å². The molecule has 1 aliphatic heterocycles. The van der Waals surface area contributed by atoms with Crippen LogP contribution in [0.2, 0.25) is 0 Å². The van der Waals surface area contributed by atoms with Gasteiger partial charge in [-0.05, 0) is 42.2 Å². The van der Waals surface area contributed by atoms with E-state index in [-0.39, 0.29) is 24.5 Å². The first-order chi connectivity index (χ1) is 17.9. The Morgan fingerprint density at radius 1 is 0.892 bits per heavy atom. The molecule has 37 heavy (non-hydrogen) atoms. The summed E-state index contributed by atoms with van der Waals surface area (Å²) < 4.78 is 20.2. The van der Waals surface area contributed by atoms with Gasteiger partial charge in [-0.15, -0.1) is 0 Å². The third-order valence-electron chi connectivity index (χ3n) is 6.87. The van der Waals surface area contributed by atoms with Crippen LogP contribution >= 0.6 is 0 Å². The van der Waals surface area contributed by atoms with Crippen molar-refractivity contribution in [3.05, 3.63) is 84.2 Å². The van der Waals surface area contributed by atoms with Gasteiger partial charge < -0.3 is 14.7 Å². The molecule has 4 aromatic rings. The van der Waals surface area contributed by atoms with Crippen LogP contribution in [-0.2, 0) is 16.1 Å². The van der Waals surface area contributed by atoms with Gasteiger partial charge in [-0.2, -0.15) is 4.98 Å². The summed E-state index contributed by atoms with van der Waals surface area (Å²) in [7, 11) is 0. The Bertz CT molecular complexity index is 1410. The van der Waals surface area contributed by atoms with Gasteiger partial charge in [0, 0.05) is 36.3 Å². The highest BCUT2D eigenvalue weighted by Crippen LogP contribution is 2.33. The number of hydrogen-bond donors (Lipinski definition) is 2. The molecular formula is C28H24FN3O5. The predicted octanol–water partition coefficient (Wildman–Crippen LogP) is 4.96. The Kier molecular flexibility index (Phi) is 6.54. The second-order valence-electron chi connectivity index (χ2n) is 9.15. The first-order valence-electron chi connectivity index (χ1n) is 11.8. The summed E-state index contributed by atoms with van der Waals surface area (Å²) in [6.45, 7) is 1.33. The number of benzene rings is 3. The zero-order valence-corrected chi connectivity index (χ0v) is 19.8. The molecule has 0 spiro atoms. The second kappa shape index (κ2) is 9.94. The lowest BCUT2D eigenvalue weighted by Crippen LogP contribution is -2.48. The van der Waals surface area contributed by atoms with E-state index in [1.165, 1.54) is 6.07 Å². The van der Waals surface area contributed by atoms with Crippen LogP contribution in [0.15, 0.2) is 77.3 Å². The van der Waals surface area contributed by atoms with Crippen molar-refractivity contribution in [1.82, 2.24) is 15.0 Å². The molecule has 0 bridgehead atoms. The van der Waals surface area contributed by atoms with E-state index in [0.717, 1.165) is 11.1 Å². The van der Waals surface area contributed by atoms with Crippen LogP contribution in [0.3, 0.4) is 0 Å². The lowest BCUT2D eigenvalue weighted by molar-refractivity contribution is -0.168. The molecule has 2 heterocycles. The van der Waals surface area contributed by atoms with E-state index < -0.39 is 17.4 Å². The zero-order valence-electron chi connectivity index (χ0n) is 19.8. The molecular weight excluding hydrogens is 477 g/mol. The third-order valence-corrected chi connectivity index (χ3v) is 6.87. The number of halogens is 1. The largest absolute Gasteiger partial charge is 0.480 e. The summed E-state index contributed by atoms with van der Waals surface area (Å²) >= 11 is 0. The number of nitrogens with zero attached hydrogens (tertiary/aromatic N) is 3. The molecule has 0 atom stereocenters. The molecule has 1 aliphatic rings. The van der Waals surface area contributed by atoms with Gasteiger partial charge in [-0.3, -0.25) is 14.5 Å². The molecule has 5 rings (SSSR count). The lowest BCUT2D eigenvalue weighted by Gasteiger charge is -2.36. The van der Waals surface area contributed by atoms with E-state index in [9.17, 15) is 24.2 Å². The molecule has 0 amide bonds. The summed E-state index contributed by atoms with van der Waals surface area (Å²) in [4.78, 5) is 29.5. The van der Waals surface area contributed by atoms with Gasteiger partial charge in [0.15, 0.2) is 5.41 Å². The summed E-state index contributed by atoms with van der Waals surface area (Å²) in [5.74, 6) is -2.34. The van der Waals surface area contributed by atoms with E-state index in [2.05, 4.69) is 10.1 Å². The van der Waals surface area contributed by atoms with E-state index >= 15 is 0 Å². The van der Waals surface area contributed by atoms with Crippen molar-refractivity contribution in [1.29, 1.82) is 0 Å². The number of carboxylic acids is 2. The molecule has 188 valence electrons. The Morgan fingerprint density at radius 3 is 2.16 bits per heavy atom. The van der Waals surface area contributed by atoms with Crippen LogP contribution in [-0.4, -0.2) is 50.3 Å². The quantitative estimate of drug-likeness (QED) is 0.341. The minimum absolute atomic E-state index is 0.0629. The van der Waals surface area contributed by atoms with Crippen LogP contribution in [0, 0.1) is 11.2 Å². The molecule has 1 aromatic heterocycles. The molecule has 9 heteroatoms. The highest BCUT2D eigenvalue weighted by Gasteiger charge is 2.48. The number of aromatic nitrogens is 2. The molecule has 2 N–H and O–H groups in total. The summed E-state index contributed by atoms with van der Waals surface area (Å²) in [5.41, 5.74) is 1.77. The first kappa shape index (κ1) is 24.3. The van der Waals surface area contributed by atoms with Crippen LogP contribution < -0.4 is 0 Å². The minimum atomic E-state index is -1.71. The molecule has 1 fully saturated rings. The molecule has 3 aromatic carbocycles. The van der Waals surface area contributed by atoms with Crippen molar-refractivity contribution in [2.75, 3.05) is 13.1 Å². The van der Waals surface area contributed by atoms with E-state index in [4.69, 9.17) is 4.52 Å². The van der Waals surface area contributed by atoms with Crippen molar-refractivity contribution in [2.45, 2.75) is 19.4 Å². The van der Waals surface area contributed by atoms with Crippen molar-refractivity contribution >= 4 is 11.9 Å². The van der Waals surface area contributed by atoms with E-state index in [1.807, 2.05) is 59.5 Å². The number of aliphatic carboxylic acids is 2. The predicted molar refractivity (Wildman–Crippen MR) is 133 cm³/mol. The molecule has 8 nitrogen and oxygen atoms in total. The average molecular weight is 502 g/mol. The summed E-state index contributed by atoms with van der Waals surface area (Å²) in [6, 6.07) is 21.6. The zero-order chi connectivity index (χ0) is 26.0. The molecule has 0 saturated carbocycles. The maximum atomic E-state index is 14.8. The molecule has 0 radical (unpaired) electrons. The van der Waals surface area contributed by atoms with E-state index in [1.54, 1.807) is 12.1 Å². The maximum absolute atomic E-state index is 14.8. The van der Waals surface area contributed by atoms with Crippen LogP contribution in [0.1, 0.15) is 18.4 Å².